The minimum Gasteiger partial charge on any atom is -0.328 e. The van der Waals surface area contributed by atoms with Crippen molar-refractivity contribution in [3.8, 4) is 12.3 Å². The van der Waals surface area contributed by atoms with Crippen molar-refractivity contribution in [2.45, 2.75) is 6.92 Å². The Bertz CT molecular complexity index is 523. The van der Waals surface area contributed by atoms with Crippen molar-refractivity contribution in [2.75, 3.05) is 13.1 Å². The van der Waals surface area contributed by atoms with Gasteiger partial charge in [-0.2, -0.15) is 0 Å². The minimum absolute atomic E-state index is 0.0861. The molecule has 0 aliphatic rings. The number of nitro groups is 1. The molecule has 0 fully saturated rings. The number of rotatable bonds is 4. The van der Waals surface area contributed by atoms with Crippen LogP contribution >= 0.6 is 11.6 Å². The molecule has 0 spiro atoms. The summed E-state index contributed by atoms with van der Waals surface area (Å²) >= 11 is 5.86. The Hall–Kier alpha value is -2.06. The van der Waals surface area contributed by atoms with Gasteiger partial charge in [0.15, 0.2) is 0 Å². The number of nitrogens with zero attached hydrogens (tertiary/aromatic N) is 2. The van der Waals surface area contributed by atoms with Crippen LogP contribution in [-0.2, 0) is 0 Å². The summed E-state index contributed by atoms with van der Waals surface area (Å²) in [5.41, 5.74) is -0.206. The van der Waals surface area contributed by atoms with Crippen molar-refractivity contribution in [3.05, 3.63) is 38.9 Å². The molecule has 0 saturated heterocycles. The average Bonchev–Trinajstić information content (AvgIpc) is 2.35. The SMILES string of the molecule is C#CCN(CC)C(=O)c1cccc([N+](=O)[O-])c1Cl. The molecule has 0 bridgehead atoms. The molecule has 0 radical (unpaired) electrons. The van der Waals surface area contributed by atoms with Crippen molar-refractivity contribution >= 4 is 23.2 Å². The van der Waals surface area contributed by atoms with Gasteiger partial charge in [-0.15, -0.1) is 6.42 Å². The molecule has 0 N–H and O–H groups in total. The monoisotopic (exact) mass is 266 g/mol. The third-order valence-electron chi connectivity index (χ3n) is 2.36. The van der Waals surface area contributed by atoms with E-state index in [0.717, 1.165) is 0 Å². The van der Waals surface area contributed by atoms with Crippen LogP contribution in [0.4, 0.5) is 5.69 Å². The maximum atomic E-state index is 12.1. The molecule has 1 aromatic rings. The van der Waals surface area contributed by atoms with Crippen molar-refractivity contribution in [2.24, 2.45) is 0 Å². The number of carbonyl (C=O) groups excluding carboxylic acids is 1. The third kappa shape index (κ3) is 2.79. The van der Waals surface area contributed by atoms with Gasteiger partial charge in [0.25, 0.3) is 11.6 Å². The number of carbonyl (C=O) groups is 1. The molecule has 94 valence electrons. The Morgan fingerprint density at radius 2 is 2.28 bits per heavy atom. The second-order valence-corrected chi connectivity index (χ2v) is 3.80. The lowest BCUT2D eigenvalue weighted by Gasteiger charge is -2.18. The number of benzene rings is 1. The average molecular weight is 267 g/mol. The molecule has 6 heteroatoms. The van der Waals surface area contributed by atoms with Crippen molar-refractivity contribution < 1.29 is 9.72 Å². The maximum Gasteiger partial charge on any atom is 0.288 e. The molecule has 0 atom stereocenters. The first-order chi connectivity index (χ1) is 8.52. The Labute approximate surface area is 109 Å². The fraction of sp³-hybridized carbons (Fsp3) is 0.250. The van der Waals surface area contributed by atoms with E-state index in [1.807, 2.05) is 0 Å². The largest absolute Gasteiger partial charge is 0.328 e. The van der Waals surface area contributed by atoms with Gasteiger partial charge in [-0.3, -0.25) is 14.9 Å². The Morgan fingerprint density at radius 3 is 2.78 bits per heavy atom. The molecule has 1 rings (SSSR count). The molecule has 18 heavy (non-hydrogen) atoms. The highest BCUT2D eigenvalue weighted by atomic mass is 35.5. The third-order valence-corrected chi connectivity index (χ3v) is 2.75. The zero-order chi connectivity index (χ0) is 13.7. The predicted octanol–water partition coefficient (Wildman–Crippen LogP) is 2.34. The predicted molar refractivity (Wildman–Crippen MR) is 68.5 cm³/mol. The van der Waals surface area contributed by atoms with Gasteiger partial charge in [0.05, 0.1) is 17.0 Å². The summed E-state index contributed by atoms with van der Waals surface area (Å²) in [6.45, 7) is 2.30. The van der Waals surface area contributed by atoms with Gasteiger partial charge < -0.3 is 4.90 Å². The van der Waals surface area contributed by atoms with Gasteiger partial charge >= 0.3 is 0 Å². The summed E-state index contributed by atoms with van der Waals surface area (Å²) in [5, 5.41) is 10.6. The number of hydrogen-bond acceptors (Lipinski definition) is 3. The molecule has 0 saturated carbocycles. The summed E-state index contributed by atoms with van der Waals surface area (Å²) < 4.78 is 0. The van der Waals surface area contributed by atoms with Crippen LogP contribution in [0.2, 0.25) is 5.02 Å². The first kappa shape index (κ1) is 14.0. The Balaban J connectivity index is 3.18. The molecule has 1 amide bonds. The lowest BCUT2D eigenvalue weighted by Crippen LogP contribution is -2.31. The normalized spacial score (nSPS) is 9.61. The summed E-state index contributed by atoms with van der Waals surface area (Å²) in [6, 6.07) is 4.11. The zero-order valence-electron chi connectivity index (χ0n) is 9.72. The van der Waals surface area contributed by atoms with E-state index in [1.54, 1.807) is 6.92 Å². The molecule has 0 aliphatic heterocycles. The fourth-order valence-electron chi connectivity index (χ4n) is 1.43. The molecule has 0 unspecified atom stereocenters. The number of halogens is 1. The molecule has 5 nitrogen and oxygen atoms in total. The van der Waals surface area contributed by atoms with E-state index in [2.05, 4.69) is 5.92 Å². The zero-order valence-corrected chi connectivity index (χ0v) is 10.5. The first-order valence-corrected chi connectivity index (χ1v) is 5.56. The van der Waals surface area contributed by atoms with Crippen LogP contribution < -0.4 is 0 Å². The number of nitro benzene ring substituents is 1. The molecular weight excluding hydrogens is 256 g/mol. The van der Waals surface area contributed by atoms with Crippen LogP contribution in [0.1, 0.15) is 17.3 Å². The van der Waals surface area contributed by atoms with E-state index in [9.17, 15) is 14.9 Å². The molecule has 0 aliphatic carbocycles. The van der Waals surface area contributed by atoms with E-state index in [-0.39, 0.29) is 22.8 Å². The van der Waals surface area contributed by atoms with Crippen molar-refractivity contribution in [1.82, 2.24) is 4.90 Å². The standard InChI is InChI=1S/C12H11ClN2O3/c1-3-8-14(4-2)12(16)9-6-5-7-10(11(9)13)15(17)18/h1,5-7H,4,8H2,2H3. The first-order valence-electron chi connectivity index (χ1n) is 5.18. The van der Waals surface area contributed by atoms with E-state index in [1.165, 1.54) is 23.1 Å². The van der Waals surface area contributed by atoms with Crippen LogP contribution in [-0.4, -0.2) is 28.8 Å². The van der Waals surface area contributed by atoms with Crippen molar-refractivity contribution in [3.63, 3.8) is 0 Å². The van der Waals surface area contributed by atoms with Crippen LogP contribution in [0.3, 0.4) is 0 Å². The maximum absolute atomic E-state index is 12.1. The second kappa shape index (κ2) is 6.03. The number of amides is 1. The Morgan fingerprint density at radius 1 is 1.61 bits per heavy atom. The van der Waals surface area contributed by atoms with Gasteiger partial charge in [0.2, 0.25) is 0 Å². The second-order valence-electron chi connectivity index (χ2n) is 3.42. The van der Waals surface area contributed by atoms with Crippen LogP contribution in [0.5, 0.6) is 0 Å². The highest BCUT2D eigenvalue weighted by Crippen LogP contribution is 2.28. The smallest absolute Gasteiger partial charge is 0.288 e. The van der Waals surface area contributed by atoms with Gasteiger partial charge in [0, 0.05) is 12.6 Å². The number of hydrogen-bond donors (Lipinski definition) is 0. The Kier molecular flexibility index (Phi) is 4.69. The van der Waals surface area contributed by atoms with Crippen LogP contribution in [0.15, 0.2) is 18.2 Å². The van der Waals surface area contributed by atoms with E-state index < -0.39 is 10.8 Å². The van der Waals surface area contributed by atoms with Crippen molar-refractivity contribution in [1.29, 1.82) is 0 Å². The summed E-state index contributed by atoms with van der Waals surface area (Å²) in [4.78, 5) is 23.6. The highest BCUT2D eigenvalue weighted by Gasteiger charge is 2.22. The lowest BCUT2D eigenvalue weighted by molar-refractivity contribution is -0.384. The van der Waals surface area contributed by atoms with Crippen LogP contribution in [0.25, 0.3) is 0 Å². The van der Waals surface area contributed by atoms with Crippen LogP contribution in [0, 0.1) is 22.5 Å². The molecule has 0 heterocycles. The molecular formula is C12H11ClN2O3. The molecule has 1 aromatic carbocycles. The van der Waals surface area contributed by atoms with E-state index >= 15 is 0 Å². The van der Waals surface area contributed by atoms with E-state index in [4.69, 9.17) is 18.0 Å². The van der Waals surface area contributed by atoms with Gasteiger partial charge in [-0.1, -0.05) is 23.6 Å². The lowest BCUT2D eigenvalue weighted by atomic mass is 10.1. The summed E-state index contributed by atoms with van der Waals surface area (Å²) in [7, 11) is 0. The fourth-order valence-corrected chi connectivity index (χ4v) is 1.71. The highest BCUT2D eigenvalue weighted by molar-refractivity contribution is 6.35. The topological polar surface area (TPSA) is 63.5 Å². The number of terminal acetylenes is 1. The van der Waals surface area contributed by atoms with E-state index in [0.29, 0.717) is 6.54 Å². The van der Waals surface area contributed by atoms with Gasteiger partial charge in [-0.25, -0.2) is 0 Å². The minimum atomic E-state index is -0.628. The summed E-state index contributed by atoms with van der Waals surface area (Å²) in [5.74, 6) is 1.94. The summed E-state index contributed by atoms with van der Waals surface area (Å²) in [6.07, 6.45) is 5.15. The quantitative estimate of drug-likeness (QED) is 0.477. The van der Waals surface area contributed by atoms with Gasteiger partial charge in [-0.05, 0) is 13.0 Å². The molecule has 0 aromatic heterocycles. The van der Waals surface area contributed by atoms with Gasteiger partial charge in [0.1, 0.15) is 5.02 Å².